The molecule has 0 spiro atoms. The number of hydrogen-bond acceptors (Lipinski definition) is 4. The molecule has 4 N–H and O–H groups in total. The Morgan fingerprint density at radius 1 is 1.31 bits per heavy atom. The van der Waals surface area contributed by atoms with E-state index in [1.165, 1.54) is 0 Å². The first kappa shape index (κ1) is 12.7. The molecule has 0 saturated heterocycles. The summed E-state index contributed by atoms with van der Waals surface area (Å²) in [6.07, 6.45) is 0. The number of nitrogens with one attached hydrogen (secondary N) is 1. The van der Waals surface area contributed by atoms with Gasteiger partial charge < -0.3 is 20.9 Å². The van der Waals surface area contributed by atoms with Gasteiger partial charge in [0.2, 0.25) is 0 Å². The summed E-state index contributed by atoms with van der Waals surface area (Å²) < 4.78 is 30.8. The van der Waals surface area contributed by atoms with E-state index in [4.69, 9.17) is 15.6 Å². The van der Waals surface area contributed by atoms with Crippen molar-refractivity contribution in [2.45, 2.75) is 0 Å². The molecule has 16 heavy (non-hydrogen) atoms. The number of aliphatic hydroxyl groups excluding tert-OH is 1. The number of hydrogen-bond donors (Lipinski definition) is 3. The lowest BCUT2D eigenvalue weighted by atomic mass is 10.2. The maximum atomic E-state index is 13.0. The molecule has 0 atom stereocenters. The van der Waals surface area contributed by atoms with Crippen molar-refractivity contribution >= 4 is 11.4 Å². The lowest BCUT2D eigenvalue weighted by Crippen LogP contribution is -2.13. The topological polar surface area (TPSA) is 67.5 Å². The third kappa shape index (κ3) is 3.63. The number of aliphatic hydroxyl groups is 1. The van der Waals surface area contributed by atoms with Crippen LogP contribution in [-0.4, -0.2) is 31.5 Å². The van der Waals surface area contributed by atoms with Crippen LogP contribution in [-0.2, 0) is 4.74 Å². The number of benzene rings is 1. The van der Waals surface area contributed by atoms with Gasteiger partial charge in [-0.2, -0.15) is 0 Å². The molecule has 1 aromatic carbocycles. The molecular weight excluding hydrogens is 218 g/mol. The Labute approximate surface area is 92.0 Å². The first-order valence-electron chi connectivity index (χ1n) is 4.82. The third-order valence-corrected chi connectivity index (χ3v) is 1.89. The van der Waals surface area contributed by atoms with E-state index in [0.717, 1.165) is 12.1 Å². The molecule has 0 fully saturated rings. The highest BCUT2D eigenvalue weighted by Crippen LogP contribution is 2.22. The second kappa shape index (κ2) is 6.24. The minimum absolute atomic E-state index is 0.0588. The van der Waals surface area contributed by atoms with E-state index in [1.807, 2.05) is 0 Å². The van der Waals surface area contributed by atoms with Crippen LogP contribution in [0, 0.1) is 11.6 Å². The van der Waals surface area contributed by atoms with Crippen molar-refractivity contribution in [3.8, 4) is 0 Å². The first-order chi connectivity index (χ1) is 7.65. The van der Waals surface area contributed by atoms with Crippen LogP contribution in [0.2, 0.25) is 0 Å². The molecule has 0 saturated carbocycles. The van der Waals surface area contributed by atoms with Crippen molar-refractivity contribution in [2.24, 2.45) is 0 Å². The maximum Gasteiger partial charge on any atom is 0.151 e. The van der Waals surface area contributed by atoms with Crippen molar-refractivity contribution < 1.29 is 18.6 Å². The van der Waals surface area contributed by atoms with E-state index in [0.29, 0.717) is 13.2 Å². The van der Waals surface area contributed by atoms with Gasteiger partial charge >= 0.3 is 0 Å². The zero-order chi connectivity index (χ0) is 12.0. The minimum atomic E-state index is -0.793. The molecule has 90 valence electrons. The van der Waals surface area contributed by atoms with Gasteiger partial charge in [0, 0.05) is 12.6 Å². The fourth-order valence-electron chi connectivity index (χ4n) is 1.16. The fraction of sp³-hybridized carbons (Fsp3) is 0.400. The normalized spacial score (nSPS) is 10.4. The van der Waals surface area contributed by atoms with Gasteiger partial charge in [0.25, 0.3) is 0 Å². The number of anilines is 2. The predicted octanol–water partition coefficient (Wildman–Crippen LogP) is 0.968. The average molecular weight is 232 g/mol. The van der Waals surface area contributed by atoms with Crippen LogP contribution in [0.25, 0.3) is 0 Å². The largest absolute Gasteiger partial charge is 0.395 e. The maximum absolute atomic E-state index is 13.0. The summed E-state index contributed by atoms with van der Waals surface area (Å²) in [4.78, 5) is 0. The van der Waals surface area contributed by atoms with Gasteiger partial charge in [-0.05, 0) is 6.07 Å². The highest BCUT2D eigenvalue weighted by atomic mass is 19.1. The average Bonchev–Trinajstić information content (AvgIpc) is 2.24. The molecule has 1 aromatic rings. The van der Waals surface area contributed by atoms with Gasteiger partial charge in [0.1, 0.15) is 5.82 Å². The summed E-state index contributed by atoms with van der Waals surface area (Å²) >= 11 is 0. The summed E-state index contributed by atoms with van der Waals surface area (Å²) in [6, 6.07) is 1.84. The number of rotatable bonds is 6. The molecule has 0 aliphatic rings. The molecule has 6 heteroatoms. The van der Waals surface area contributed by atoms with Crippen LogP contribution in [0.5, 0.6) is 0 Å². The van der Waals surface area contributed by atoms with E-state index in [1.54, 1.807) is 0 Å². The summed E-state index contributed by atoms with van der Waals surface area (Å²) in [5, 5.41) is 11.2. The molecule has 0 aliphatic heterocycles. The van der Waals surface area contributed by atoms with E-state index < -0.39 is 11.6 Å². The van der Waals surface area contributed by atoms with Crippen molar-refractivity contribution in [2.75, 3.05) is 37.4 Å². The summed E-state index contributed by atoms with van der Waals surface area (Å²) in [7, 11) is 0. The van der Waals surface area contributed by atoms with Gasteiger partial charge in [-0.15, -0.1) is 0 Å². The Bertz CT molecular complexity index is 348. The van der Waals surface area contributed by atoms with Crippen molar-refractivity contribution in [1.29, 1.82) is 0 Å². The summed E-state index contributed by atoms with van der Waals surface area (Å²) in [5.41, 5.74) is 5.48. The summed E-state index contributed by atoms with van der Waals surface area (Å²) in [6.45, 7) is 0.844. The molecule has 0 heterocycles. The lowest BCUT2D eigenvalue weighted by Gasteiger charge is -2.10. The zero-order valence-corrected chi connectivity index (χ0v) is 8.67. The molecule has 4 nitrogen and oxygen atoms in total. The second-order valence-corrected chi connectivity index (χ2v) is 3.11. The molecular formula is C10H14F2N2O2. The monoisotopic (exact) mass is 232 g/mol. The van der Waals surface area contributed by atoms with Crippen LogP contribution in [0.3, 0.4) is 0 Å². The van der Waals surface area contributed by atoms with Crippen molar-refractivity contribution in [3.63, 3.8) is 0 Å². The standard InChI is InChI=1S/C10H14F2N2O2/c11-7-5-8(12)10(13)9(6-7)14-1-3-16-4-2-15/h5-6,14-15H,1-4,13H2. The lowest BCUT2D eigenvalue weighted by molar-refractivity contribution is 0.0992. The Balaban J connectivity index is 2.47. The Morgan fingerprint density at radius 3 is 2.75 bits per heavy atom. The Morgan fingerprint density at radius 2 is 2.06 bits per heavy atom. The van der Waals surface area contributed by atoms with Gasteiger partial charge in [-0.3, -0.25) is 0 Å². The van der Waals surface area contributed by atoms with Crippen LogP contribution in [0.15, 0.2) is 12.1 Å². The molecule has 0 aromatic heterocycles. The molecule has 0 bridgehead atoms. The highest BCUT2D eigenvalue weighted by Gasteiger charge is 2.07. The van der Waals surface area contributed by atoms with Crippen LogP contribution in [0.4, 0.5) is 20.2 Å². The van der Waals surface area contributed by atoms with E-state index in [-0.39, 0.29) is 24.6 Å². The molecule has 0 unspecified atom stereocenters. The molecule has 0 radical (unpaired) electrons. The SMILES string of the molecule is Nc1c(F)cc(F)cc1NCCOCCO. The number of nitrogen functional groups attached to an aromatic ring is 1. The smallest absolute Gasteiger partial charge is 0.151 e. The minimum Gasteiger partial charge on any atom is -0.395 e. The highest BCUT2D eigenvalue weighted by molar-refractivity contribution is 5.66. The van der Waals surface area contributed by atoms with Gasteiger partial charge in [0.15, 0.2) is 5.82 Å². The second-order valence-electron chi connectivity index (χ2n) is 3.11. The molecule has 0 aliphatic carbocycles. The zero-order valence-electron chi connectivity index (χ0n) is 8.67. The third-order valence-electron chi connectivity index (χ3n) is 1.89. The van der Waals surface area contributed by atoms with Crippen LogP contribution < -0.4 is 11.1 Å². The van der Waals surface area contributed by atoms with E-state index >= 15 is 0 Å². The van der Waals surface area contributed by atoms with Crippen molar-refractivity contribution in [3.05, 3.63) is 23.8 Å². The number of halogens is 2. The van der Waals surface area contributed by atoms with Gasteiger partial charge in [-0.25, -0.2) is 8.78 Å². The number of nitrogens with two attached hydrogens (primary N) is 1. The Kier molecular flexibility index (Phi) is 4.94. The van der Waals surface area contributed by atoms with Gasteiger partial charge in [0.05, 0.1) is 31.2 Å². The predicted molar refractivity (Wildman–Crippen MR) is 57.2 cm³/mol. The Hall–Kier alpha value is -1.40. The van der Waals surface area contributed by atoms with E-state index in [9.17, 15) is 8.78 Å². The van der Waals surface area contributed by atoms with Crippen LogP contribution >= 0.6 is 0 Å². The quantitative estimate of drug-likeness (QED) is 0.505. The fourth-order valence-corrected chi connectivity index (χ4v) is 1.16. The first-order valence-corrected chi connectivity index (χ1v) is 4.82. The molecule has 0 amide bonds. The van der Waals surface area contributed by atoms with Gasteiger partial charge in [-0.1, -0.05) is 0 Å². The van der Waals surface area contributed by atoms with E-state index in [2.05, 4.69) is 5.32 Å². The van der Waals surface area contributed by atoms with Crippen molar-refractivity contribution in [1.82, 2.24) is 0 Å². The molecule has 1 rings (SSSR count). The van der Waals surface area contributed by atoms with Crippen LogP contribution in [0.1, 0.15) is 0 Å². The number of ether oxygens (including phenoxy) is 1. The summed E-state index contributed by atoms with van der Waals surface area (Å²) in [5.74, 6) is -1.48.